The third-order valence-electron chi connectivity index (χ3n) is 4.26. The number of nitrogens with zero attached hydrogens (tertiary/aromatic N) is 2. The number of hydrogen-bond donors (Lipinski definition) is 2. The SMILES string of the molecule is CNc1cccc(C2=NC(=O)C(NC(=O)c3ccc(C(C)(C)C)cc3)=C2)n1. The monoisotopic (exact) mass is 362 g/mol. The summed E-state index contributed by atoms with van der Waals surface area (Å²) < 4.78 is 0. The maximum Gasteiger partial charge on any atom is 0.294 e. The van der Waals surface area contributed by atoms with Crippen molar-refractivity contribution < 1.29 is 9.59 Å². The van der Waals surface area contributed by atoms with Crippen LogP contribution in [-0.4, -0.2) is 29.6 Å². The Balaban J connectivity index is 1.76. The molecule has 2 N–H and O–H groups in total. The van der Waals surface area contributed by atoms with Gasteiger partial charge in [-0.1, -0.05) is 39.0 Å². The van der Waals surface area contributed by atoms with Gasteiger partial charge in [-0.05, 0) is 41.3 Å². The molecule has 0 atom stereocenters. The van der Waals surface area contributed by atoms with Crippen LogP contribution in [-0.2, 0) is 10.2 Å². The van der Waals surface area contributed by atoms with Crippen LogP contribution >= 0.6 is 0 Å². The molecule has 0 unspecified atom stereocenters. The molecule has 27 heavy (non-hydrogen) atoms. The molecule has 2 heterocycles. The summed E-state index contributed by atoms with van der Waals surface area (Å²) in [5.41, 5.74) is 2.77. The first kappa shape index (κ1) is 18.5. The zero-order chi connectivity index (χ0) is 19.6. The Kier molecular flexibility index (Phi) is 4.90. The summed E-state index contributed by atoms with van der Waals surface area (Å²) in [6.07, 6.45) is 1.55. The van der Waals surface area contributed by atoms with Crippen LogP contribution in [0.15, 0.2) is 59.2 Å². The van der Waals surface area contributed by atoms with Crippen molar-refractivity contribution in [3.05, 3.63) is 71.1 Å². The van der Waals surface area contributed by atoms with E-state index in [1.54, 1.807) is 31.3 Å². The summed E-state index contributed by atoms with van der Waals surface area (Å²) in [6, 6.07) is 12.8. The molecule has 1 aliphatic heterocycles. The molecular formula is C21H22N4O2. The highest BCUT2D eigenvalue weighted by molar-refractivity contribution is 6.23. The van der Waals surface area contributed by atoms with Gasteiger partial charge in [0.05, 0.1) is 11.4 Å². The Hall–Kier alpha value is -3.28. The fraction of sp³-hybridized carbons (Fsp3) is 0.238. The normalized spacial score (nSPS) is 13.9. The van der Waals surface area contributed by atoms with Gasteiger partial charge in [0.2, 0.25) is 0 Å². The Bertz CT molecular complexity index is 951. The number of allylic oxidation sites excluding steroid dienone is 1. The lowest BCUT2D eigenvalue weighted by molar-refractivity contribution is -0.114. The first-order chi connectivity index (χ1) is 12.8. The number of carbonyl (C=O) groups excluding carboxylic acids is 2. The van der Waals surface area contributed by atoms with Crippen LogP contribution < -0.4 is 10.6 Å². The Morgan fingerprint density at radius 2 is 1.74 bits per heavy atom. The fourth-order valence-electron chi connectivity index (χ4n) is 2.65. The van der Waals surface area contributed by atoms with E-state index in [-0.39, 0.29) is 17.0 Å². The second-order valence-corrected chi connectivity index (χ2v) is 7.30. The van der Waals surface area contributed by atoms with Crippen LogP contribution in [0.4, 0.5) is 5.82 Å². The fourth-order valence-corrected chi connectivity index (χ4v) is 2.65. The standard InChI is InChI=1S/C21H22N4O2/c1-21(2,3)14-10-8-13(9-11-14)19(26)25-17-12-16(24-20(17)27)15-6-5-7-18(22-4)23-15/h5-12H,1-4H3,(H,22,23)(H,24,25,26,27). The van der Waals surface area contributed by atoms with E-state index in [0.717, 1.165) is 5.56 Å². The highest BCUT2D eigenvalue weighted by Gasteiger charge is 2.22. The van der Waals surface area contributed by atoms with Crippen molar-refractivity contribution in [1.82, 2.24) is 10.3 Å². The molecule has 138 valence electrons. The zero-order valence-corrected chi connectivity index (χ0v) is 15.8. The number of amides is 2. The van der Waals surface area contributed by atoms with E-state index >= 15 is 0 Å². The first-order valence-corrected chi connectivity index (χ1v) is 8.70. The summed E-state index contributed by atoms with van der Waals surface area (Å²) in [6.45, 7) is 6.33. The number of aliphatic imine (C=N–C) groups is 1. The summed E-state index contributed by atoms with van der Waals surface area (Å²) in [7, 11) is 1.76. The maximum atomic E-state index is 12.5. The molecule has 0 radical (unpaired) electrons. The van der Waals surface area contributed by atoms with Gasteiger partial charge < -0.3 is 10.6 Å². The minimum absolute atomic E-state index is 0.0105. The van der Waals surface area contributed by atoms with Crippen LogP contribution in [0.2, 0.25) is 0 Å². The lowest BCUT2D eigenvalue weighted by Crippen LogP contribution is -2.25. The number of benzene rings is 1. The van der Waals surface area contributed by atoms with E-state index in [9.17, 15) is 9.59 Å². The number of nitrogens with one attached hydrogen (secondary N) is 2. The van der Waals surface area contributed by atoms with Gasteiger partial charge in [-0.15, -0.1) is 0 Å². The van der Waals surface area contributed by atoms with Gasteiger partial charge in [0.1, 0.15) is 11.5 Å². The minimum Gasteiger partial charge on any atom is -0.373 e. The zero-order valence-electron chi connectivity index (χ0n) is 15.8. The molecule has 0 saturated carbocycles. The van der Waals surface area contributed by atoms with Crippen molar-refractivity contribution in [3.8, 4) is 0 Å². The van der Waals surface area contributed by atoms with Crippen LogP contribution in [0.1, 0.15) is 42.4 Å². The van der Waals surface area contributed by atoms with Gasteiger partial charge in [0, 0.05) is 12.6 Å². The van der Waals surface area contributed by atoms with E-state index in [1.165, 1.54) is 0 Å². The van der Waals surface area contributed by atoms with Crippen molar-refractivity contribution in [1.29, 1.82) is 0 Å². The molecule has 0 fully saturated rings. The summed E-state index contributed by atoms with van der Waals surface area (Å²) >= 11 is 0. The molecular weight excluding hydrogens is 340 g/mol. The molecule has 6 heteroatoms. The van der Waals surface area contributed by atoms with E-state index < -0.39 is 5.91 Å². The Labute approximate surface area is 158 Å². The molecule has 1 aliphatic rings. The smallest absolute Gasteiger partial charge is 0.294 e. The number of rotatable bonds is 4. The third kappa shape index (κ3) is 4.11. The van der Waals surface area contributed by atoms with Gasteiger partial charge in [-0.3, -0.25) is 9.59 Å². The van der Waals surface area contributed by atoms with Crippen LogP contribution in [0.3, 0.4) is 0 Å². The molecule has 3 rings (SSSR count). The number of aromatic nitrogens is 1. The first-order valence-electron chi connectivity index (χ1n) is 8.70. The van der Waals surface area contributed by atoms with E-state index in [4.69, 9.17) is 0 Å². The van der Waals surface area contributed by atoms with Crippen molar-refractivity contribution in [2.75, 3.05) is 12.4 Å². The van der Waals surface area contributed by atoms with Gasteiger partial charge in [-0.2, -0.15) is 0 Å². The average Bonchev–Trinajstić information content (AvgIpc) is 3.01. The van der Waals surface area contributed by atoms with Gasteiger partial charge >= 0.3 is 0 Å². The molecule has 2 aromatic rings. The molecule has 1 aromatic carbocycles. The average molecular weight is 362 g/mol. The van der Waals surface area contributed by atoms with Gasteiger partial charge in [0.25, 0.3) is 11.8 Å². The number of anilines is 1. The van der Waals surface area contributed by atoms with Crippen LogP contribution in [0.5, 0.6) is 0 Å². The van der Waals surface area contributed by atoms with Crippen molar-refractivity contribution in [2.24, 2.45) is 4.99 Å². The van der Waals surface area contributed by atoms with Crippen molar-refractivity contribution in [2.45, 2.75) is 26.2 Å². The molecule has 2 amide bonds. The molecule has 0 aliphatic carbocycles. The Morgan fingerprint density at radius 3 is 2.37 bits per heavy atom. The van der Waals surface area contributed by atoms with Gasteiger partial charge in [0.15, 0.2) is 0 Å². The number of hydrogen-bond acceptors (Lipinski definition) is 4. The van der Waals surface area contributed by atoms with E-state index in [2.05, 4.69) is 41.4 Å². The lowest BCUT2D eigenvalue weighted by Gasteiger charge is -2.19. The summed E-state index contributed by atoms with van der Waals surface area (Å²) in [5, 5.41) is 5.59. The van der Waals surface area contributed by atoms with Crippen molar-refractivity contribution in [3.63, 3.8) is 0 Å². The maximum absolute atomic E-state index is 12.5. The van der Waals surface area contributed by atoms with Gasteiger partial charge in [-0.25, -0.2) is 9.98 Å². The number of carbonyl (C=O) groups is 2. The topological polar surface area (TPSA) is 83.5 Å². The highest BCUT2D eigenvalue weighted by Crippen LogP contribution is 2.22. The van der Waals surface area contributed by atoms with Crippen LogP contribution in [0, 0.1) is 0 Å². The largest absolute Gasteiger partial charge is 0.373 e. The van der Waals surface area contributed by atoms with Crippen LogP contribution in [0.25, 0.3) is 0 Å². The predicted molar refractivity (Wildman–Crippen MR) is 106 cm³/mol. The Morgan fingerprint density at radius 1 is 1.04 bits per heavy atom. The minimum atomic E-state index is -0.485. The summed E-state index contributed by atoms with van der Waals surface area (Å²) in [5.74, 6) is -0.155. The summed E-state index contributed by atoms with van der Waals surface area (Å²) in [4.78, 5) is 33.0. The second kappa shape index (κ2) is 7.15. The highest BCUT2D eigenvalue weighted by atomic mass is 16.2. The van der Waals surface area contributed by atoms with Crippen molar-refractivity contribution >= 4 is 23.3 Å². The third-order valence-corrected chi connectivity index (χ3v) is 4.26. The molecule has 1 aromatic heterocycles. The molecule has 6 nitrogen and oxygen atoms in total. The number of pyridine rings is 1. The molecule has 0 saturated heterocycles. The predicted octanol–water partition coefficient (Wildman–Crippen LogP) is 3.06. The quantitative estimate of drug-likeness (QED) is 0.876. The lowest BCUT2D eigenvalue weighted by atomic mass is 9.87. The van der Waals surface area contributed by atoms with E-state index in [0.29, 0.717) is 22.8 Å². The second-order valence-electron chi connectivity index (χ2n) is 7.30. The van der Waals surface area contributed by atoms with E-state index in [1.807, 2.05) is 24.3 Å². The molecule has 0 spiro atoms. The molecule has 0 bridgehead atoms.